The van der Waals surface area contributed by atoms with Gasteiger partial charge in [-0.2, -0.15) is 0 Å². The van der Waals surface area contributed by atoms with Gasteiger partial charge in [0.1, 0.15) is 6.10 Å². The number of carbonyl (C=O) groups excluding carboxylic acids is 3. The molecule has 4 aliphatic rings. The third-order valence-corrected chi connectivity index (χ3v) is 4.62. The number of hydrogen-bond acceptors (Lipinski definition) is 5. The molecule has 0 aromatic carbocycles. The minimum atomic E-state index is -0.901. The van der Waals surface area contributed by atoms with E-state index < -0.39 is 23.8 Å². The molecule has 5 nitrogen and oxygen atoms in total. The number of fused-ring (bicyclic) bond motifs is 1. The highest BCUT2D eigenvalue weighted by atomic mass is 16.7. The van der Waals surface area contributed by atoms with E-state index in [2.05, 4.69) is 0 Å². The average molecular weight is 286 g/mol. The zero-order chi connectivity index (χ0) is 14.8. The first kappa shape index (κ1) is 12.7. The summed E-state index contributed by atoms with van der Waals surface area (Å²) in [5.74, 6) is -0.860. The number of allylic oxidation sites excluding steroid dienone is 5. The Morgan fingerprint density at radius 3 is 2.71 bits per heavy atom. The summed E-state index contributed by atoms with van der Waals surface area (Å²) in [6, 6.07) is 0. The van der Waals surface area contributed by atoms with Crippen molar-refractivity contribution in [1.29, 1.82) is 0 Å². The van der Waals surface area contributed by atoms with Crippen LogP contribution >= 0.6 is 0 Å². The van der Waals surface area contributed by atoms with Gasteiger partial charge >= 0.3 is 5.97 Å². The second-order valence-electron chi connectivity index (χ2n) is 5.97. The van der Waals surface area contributed by atoms with Crippen LogP contribution in [-0.4, -0.2) is 35.3 Å². The van der Waals surface area contributed by atoms with Crippen LogP contribution in [0.15, 0.2) is 34.9 Å². The lowest BCUT2D eigenvalue weighted by molar-refractivity contribution is -0.152. The van der Waals surface area contributed by atoms with Crippen molar-refractivity contribution >= 4 is 17.5 Å². The normalized spacial score (nSPS) is 40.2. The van der Waals surface area contributed by atoms with Gasteiger partial charge in [-0.1, -0.05) is 11.6 Å². The molecule has 2 saturated heterocycles. The molecule has 2 aliphatic carbocycles. The third kappa shape index (κ3) is 1.64. The van der Waals surface area contributed by atoms with Crippen molar-refractivity contribution in [3.05, 3.63) is 34.9 Å². The Kier molecular flexibility index (Phi) is 2.43. The van der Waals surface area contributed by atoms with Crippen LogP contribution in [0.5, 0.6) is 0 Å². The first-order valence-corrected chi connectivity index (χ1v) is 7.07. The van der Waals surface area contributed by atoms with Gasteiger partial charge in [0.15, 0.2) is 23.3 Å². The second-order valence-corrected chi connectivity index (χ2v) is 5.97. The molecule has 0 aromatic rings. The summed E-state index contributed by atoms with van der Waals surface area (Å²) < 4.78 is 11.0. The fraction of sp³-hybridized carbons (Fsp3) is 0.438. The van der Waals surface area contributed by atoms with Gasteiger partial charge in [-0.25, -0.2) is 4.79 Å². The van der Waals surface area contributed by atoms with Gasteiger partial charge in [-0.05, 0) is 38.3 Å². The van der Waals surface area contributed by atoms with Crippen molar-refractivity contribution < 1.29 is 23.9 Å². The molecule has 108 valence electrons. The topological polar surface area (TPSA) is 73.0 Å². The quantitative estimate of drug-likeness (QED) is 0.289. The van der Waals surface area contributed by atoms with E-state index in [1.807, 2.05) is 13.0 Å². The van der Waals surface area contributed by atoms with E-state index in [1.165, 1.54) is 12.2 Å². The van der Waals surface area contributed by atoms with Crippen LogP contribution in [0.1, 0.15) is 26.2 Å². The summed E-state index contributed by atoms with van der Waals surface area (Å²) in [5, 5.41) is 0. The van der Waals surface area contributed by atoms with Gasteiger partial charge in [0.25, 0.3) is 0 Å². The summed E-state index contributed by atoms with van der Waals surface area (Å²) in [5.41, 5.74) is 0.847. The van der Waals surface area contributed by atoms with Crippen LogP contribution in [0.3, 0.4) is 0 Å². The Balaban J connectivity index is 1.87. The van der Waals surface area contributed by atoms with E-state index in [-0.39, 0.29) is 11.6 Å². The first-order valence-electron chi connectivity index (χ1n) is 7.07. The summed E-state index contributed by atoms with van der Waals surface area (Å²) in [4.78, 5) is 36.5. The highest BCUT2D eigenvalue weighted by Gasteiger charge is 2.73. The van der Waals surface area contributed by atoms with Crippen LogP contribution in [0, 0.1) is 0 Å². The van der Waals surface area contributed by atoms with Crippen molar-refractivity contribution in [1.82, 2.24) is 0 Å². The van der Waals surface area contributed by atoms with Gasteiger partial charge in [-0.3, -0.25) is 9.59 Å². The second kappa shape index (κ2) is 4.01. The molecule has 3 atom stereocenters. The smallest absolute Gasteiger partial charge is 0.342 e. The molecular formula is C16H14O5. The van der Waals surface area contributed by atoms with Gasteiger partial charge in [0.2, 0.25) is 0 Å². The number of ketones is 2. The van der Waals surface area contributed by atoms with E-state index in [4.69, 9.17) is 9.47 Å². The zero-order valence-corrected chi connectivity index (χ0v) is 11.5. The van der Waals surface area contributed by atoms with Crippen LogP contribution in [0.25, 0.3) is 0 Å². The largest absolute Gasteiger partial charge is 0.452 e. The number of carbonyl (C=O) groups is 3. The minimum Gasteiger partial charge on any atom is -0.452 e. The molecule has 2 fully saturated rings. The maximum absolute atomic E-state index is 12.2. The van der Waals surface area contributed by atoms with E-state index in [1.54, 1.807) is 0 Å². The zero-order valence-electron chi connectivity index (χ0n) is 11.5. The molecule has 0 radical (unpaired) electrons. The molecule has 2 aliphatic heterocycles. The lowest BCUT2D eigenvalue weighted by Gasteiger charge is -2.20. The Morgan fingerprint density at radius 1 is 1.19 bits per heavy atom. The van der Waals surface area contributed by atoms with Gasteiger partial charge in [0.05, 0.1) is 5.57 Å². The summed E-state index contributed by atoms with van der Waals surface area (Å²) in [6.07, 6.45) is 5.05. The molecule has 0 aromatic heterocycles. The maximum atomic E-state index is 12.2. The predicted molar refractivity (Wildman–Crippen MR) is 71.3 cm³/mol. The highest BCUT2D eigenvalue weighted by Crippen LogP contribution is 2.53. The van der Waals surface area contributed by atoms with Crippen LogP contribution < -0.4 is 0 Å². The van der Waals surface area contributed by atoms with E-state index in [0.29, 0.717) is 30.4 Å². The number of esters is 1. The number of epoxide rings is 1. The maximum Gasteiger partial charge on any atom is 0.342 e. The van der Waals surface area contributed by atoms with Crippen LogP contribution in [-0.2, 0) is 23.9 Å². The monoisotopic (exact) mass is 286 g/mol. The van der Waals surface area contributed by atoms with Crippen molar-refractivity contribution in [2.75, 3.05) is 0 Å². The fourth-order valence-corrected chi connectivity index (χ4v) is 3.46. The summed E-state index contributed by atoms with van der Waals surface area (Å²) in [6.45, 7) is 1.93. The lowest BCUT2D eigenvalue weighted by Crippen LogP contribution is -2.29. The molecule has 21 heavy (non-hydrogen) atoms. The summed E-state index contributed by atoms with van der Waals surface area (Å²) >= 11 is 0. The van der Waals surface area contributed by atoms with Gasteiger partial charge in [0, 0.05) is 5.57 Å². The van der Waals surface area contributed by atoms with Crippen molar-refractivity contribution in [2.24, 2.45) is 0 Å². The van der Waals surface area contributed by atoms with E-state index >= 15 is 0 Å². The molecule has 0 saturated carbocycles. The van der Waals surface area contributed by atoms with Gasteiger partial charge < -0.3 is 9.47 Å². The molecule has 2 bridgehead atoms. The van der Waals surface area contributed by atoms with E-state index in [9.17, 15) is 14.4 Å². The molecule has 0 spiro atoms. The minimum absolute atomic E-state index is 0.188. The number of ether oxygens (including phenoxy) is 2. The van der Waals surface area contributed by atoms with Gasteiger partial charge in [-0.15, -0.1) is 0 Å². The Hall–Kier alpha value is -2.01. The highest BCUT2D eigenvalue weighted by molar-refractivity contribution is 6.21. The van der Waals surface area contributed by atoms with Crippen LogP contribution in [0.2, 0.25) is 0 Å². The number of hydrogen-bond donors (Lipinski definition) is 0. The molecule has 2 heterocycles. The molecular weight excluding hydrogens is 272 g/mol. The van der Waals surface area contributed by atoms with Crippen molar-refractivity contribution in [3.63, 3.8) is 0 Å². The van der Waals surface area contributed by atoms with E-state index in [0.717, 1.165) is 5.57 Å². The standard InChI is InChI=1S/C16H14O5/c1-8-3-2-6-16-14(21-16)13(20-15(16)19)12-9(7-8)10(17)4-5-11(12)18/h3-5,13-14H,2,6-7H2,1H3/b8-3-/t13-,14+,16+/m1/s1. The molecule has 4 rings (SSSR count). The molecule has 5 heteroatoms. The Labute approximate surface area is 121 Å². The molecule has 0 N–H and O–H groups in total. The van der Waals surface area contributed by atoms with Crippen molar-refractivity contribution in [3.8, 4) is 0 Å². The summed E-state index contributed by atoms with van der Waals surface area (Å²) in [7, 11) is 0. The molecule has 0 unspecified atom stereocenters. The first-order chi connectivity index (χ1) is 10.0. The predicted octanol–water partition coefficient (Wildman–Crippen LogP) is 1.18. The van der Waals surface area contributed by atoms with Crippen molar-refractivity contribution in [2.45, 2.75) is 44.0 Å². The SMILES string of the molecule is C/C1=C/CC[C@]23O[C@H]2[C@H](OC3=O)C2=C(C1)C(=O)C=CC2=O. The van der Waals surface area contributed by atoms with Crippen LogP contribution in [0.4, 0.5) is 0 Å². The average Bonchev–Trinajstić information content (AvgIpc) is 3.11. The third-order valence-electron chi connectivity index (χ3n) is 4.62. The lowest BCUT2D eigenvalue weighted by atomic mass is 9.84. The molecule has 0 amide bonds. The number of rotatable bonds is 0. The Bertz CT molecular complexity index is 681. The fourth-order valence-electron chi connectivity index (χ4n) is 3.46. The Morgan fingerprint density at radius 2 is 1.95 bits per heavy atom.